The molecular weight excluding hydrogens is 183 g/mol. The fourth-order valence-electron chi connectivity index (χ4n) is 0.614. The van der Waals surface area contributed by atoms with Gasteiger partial charge in [-0.2, -0.15) is 0 Å². The van der Waals surface area contributed by atoms with Gasteiger partial charge in [-0.15, -0.1) is 0 Å². The smallest absolute Gasteiger partial charge is 1.00 e. The Morgan fingerprint density at radius 3 is 2.15 bits per heavy atom. The second-order valence-corrected chi connectivity index (χ2v) is 2.05. The summed E-state index contributed by atoms with van der Waals surface area (Å²) in [6.45, 7) is 4.97. The van der Waals surface area contributed by atoms with Gasteiger partial charge in [0.15, 0.2) is 0 Å². The van der Waals surface area contributed by atoms with E-state index in [-0.39, 0.29) is 37.6 Å². The molecule has 0 aliphatic carbocycles. The Kier molecular flexibility index (Phi) is 18.5. The number of hydrogen-bond acceptors (Lipinski definition) is 4. The van der Waals surface area contributed by atoms with Gasteiger partial charge in [0.05, 0.1) is 26.4 Å². The average Bonchev–Trinajstić information content (AvgIpc) is 2.10. The standard InChI is InChI=1S/C8H16O4.Na.H/c1-2-10-5-6-12-8-7-11-4-3-9;;/h3H,2,4-8H2,1H3;;/q;+1;-1. The minimum Gasteiger partial charge on any atom is -1.00 e. The Hall–Kier alpha value is 0.550. The number of carbonyl (C=O) groups excluding carboxylic acids is 1. The first kappa shape index (κ1) is 16.0. The van der Waals surface area contributed by atoms with Crippen molar-refractivity contribution in [3.63, 3.8) is 0 Å². The van der Waals surface area contributed by atoms with Gasteiger partial charge in [0.2, 0.25) is 0 Å². The van der Waals surface area contributed by atoms with E-state index in [1.165, 1.54) is 0 Å². The monoisotopic (exact) mass is 200 g/mol. The normalized spacial score (nSPS) is 9.31. The van der Waals surface area contributed by atoms with Crippen molar-refractivity contribution in [2.24, 2.45) is 0 Å². The first-order valence-electron chi connectivity index (χ1n) is 4.08. The molecule has 0 saturated carbocycles. The summed E-state index contributed by atoms with van der Waals surface area (Å²) in [6.07, 6.45) is 0.722. The van der Waals surface area contributed by atoms with Gasteiger partial charge < -0.3 is 20.4 Å². The van der Waals surface area contributed by atoms with E-state index in [0.717, 1.165) is 6.29 Å². The first-order valence-corrected chi connectivity index (χ1v) is 4.08. The first-order chi connectivity index (χ1) is 5.91. The minimum atomic E-state index is 0. The molecule has 5 heteroatoms. The van der Waals surface area contributed by atoms with E-state index in [1.807, 2.05) is 6.92 Å². The Balaban J connectivity index is -0.000000605. The van der Waals surface area contributed by atoms with Gasteiger partial charge in [0.25, 0.3) is 0 Å². The molecule has 0 rings (SSSR count). The number of ether oxygens (including phenoxy) is 3. The maximum Gasteiger partial charge on any atom is 1.00 e. The largest absolute Gasteiger partial charge is 1.00 e. The molecule has 0 saturated heterocycles. The van der Waals surface area contributed by atoms with E-state index in [0.29, 0.717) is 33.0 Å². The van der Waals surface area contributed by atoms with Crippen molar-refractivity contribution >= 4 is 6.29 Å². The van der Waals surface area contributed by atoms with E-state index in [4.69, 9.17) is 14.2 Å². The maximum absolute atomic E-state index is 9.79. The third kappa shape index (κ3) is 15.3. The van der Waals surface area contributed by atoms with E-state index in [1.54, 1.807) is 0 Å². The minimum absolute atomic E-state index is 0. The molecule has 0 aromatic carbocycles. The quantitative estimate of drug-likeness (QED) is 0.232. The number of carbonyl (C=O) groups is 1. The molecule has 0 N–H and O–H groups in total. The van der Waals surface area contributed by atoms with Crippen LogP contribution in [0.15, 0.2) is 0 Å². The van der Waals surface area contributed by atoms with Crippen LogP contribution in [-0.4, -0.2) is 45.9 Å². The summed E-state index contributed by atoms with van der Waals surface area (Å²) in [7, 11) is 0. The number of rotatable bonds is 9. The zero-order valence-electron chi connectivity index (χ0n) is 9.45. The topological polar surface area (TPSA) is 44.8 Å². The van der Waals surface area contributed by atoms with Gasteiger partial charge in [0, 0.05) is 6.61 Å². The predicted molar refractivity (Wildman–Crippen MR) is 45.3 cm³/mol. The van der Waals surface area contributed by atoms with E-state index >= 15 is 0 Å². The van der Waals surface area contributed by atoms with Crippen molar-refractivity contribution in [1.29, 1.82) is 0 Å². The number of aldehydes is 1. The zero-order chi connectivity index (χ0) is 9.07. The van der Waals surface area contributed by atoms with Crippen molar-refractivity contribution in [2.75, 3.05) is 39.6 Å². The summed E-state index contributed by atoms with van der Waals surface area (Å²) >= 11 is 0. The van der Waals surface area contributed by atoms with E-state index in [2.05, 4.69) is 0 Å². The Labute approximate surface area is 103 Å². The van der Waals surface area contributed by atoms with Gasteiger partial charge in [0.1, 0.15) is 12.9 Å². The second kappa shape index (κ2) is 15.0. The fraction of sp³-hybridized carbons (Fsp3) is 0.875. The summed E-state index contributed by atoms with van der Waals surface area (Å²) < 4.78 is 15.0. The van der Waals surface area contributed by atoms with Crippen LogP contribution in [0, 0.1) is 0 Å². The molecular formula is C8H17NaO4. The Morgan fingerprint density at radius 2 is 1.62 bits per heavy atom. The van der Waals surface area contributed by atoms with Crippen LogP contribution < -0.4 is 29.6 Å². The molecule has 0 aliphatic rings. The molecule has 0 heterocycles. The van der Waals surface area contributed by atoms with Crippen molar-refractivity contribution in [2.45, 2.75) is 6.92 Å². The molecule has 0 spiro atoms. The molecule has 4 nitrogen and oxygen atoms in total. The van der Waals surface area contributed by atoms with Crippen LogP contribution in [0.5, 0.6) is 0 Å². The third-order valence-electron chi connectivity index (χ3n) is 1.13. The molecule has 0 aromatic rings. The Bertz CT molecular complexity index is 105. The van der Waals surface area contributed by atoms with Gasteiger partial charge in [-0.25, -0.2) is 0 Å². The van der Waals surface area contributed by atoms with Gasteiger partial charge in [-0.05, 0) is 6.92 Å². The SMILES string of the molecule is CCOCCOCCOCC=O.[H-].[Na+]. The maximum atomic E-state index is 9.79. The van der Waals surface area contributed by atoms with Crippen LogP contribution in [0.1, 0.15) is 8.35 Å². The van der Waals surface area contributed by atoms with Gasteiger partial charge >= 0.3 is 29.6 Å². The summed E-state index contributed by atoms with van der Waals surface area (Å²) in [6, 6.07) is 0. The zero-order valence-corrected chi connectivity index (χ0v) is 10.5. The van der Waals surface area contributed by atoms with Crippen molar-refractivity contribution in [1.82, 2.24) is 0 Å². The van der Waals surface area contributed by atoms with Crippen molar-refractivity contribution in [3.8, 4) is 0 Å². The molecule has 0 radical (unpaired) electrons. The molecule has 0 bridgehead atoms. The summed E-state index contributed by atoms with van der Waals surface area (Å²) in [5.74, 6) is 0. The van der Waals surface area contributed by atoms with Crippen LogP contribution in [0.3, 0.4) is 0 Å². The predicted octanol–water partition coefficient (Wildman–Crippen LogP) is -2.63. The molecule has 0 amide bonds. The van der Waals surface area contributed by atoms with Crippen LogP contribution >= 0.6 is 0 Å². The molecule has 0 aliphatic heterocycles. The van der Waals surface area contributed by atoms with Gasteiger partial charge in [-0.3, -0.25) is 0 Å². The molecule has 0 fully saturated rings. The average molecular weight is 200 g/mol. The van der Waals surface area contributed by atoms with E-state index < -0.39 is 0 Å². The molecule has 13 heavy (non-hydrogen) atoms. The summed E-state index contributed by atoms with van der Waals surface area (Å²) in [5.41, 5.74) is 0. The van der Waals surface area contributed by atoms with Gasteiger partial charge in [-0.1, -0.05) is 0 Å². The van der Waals surface area contributed by atoms with Crippen LogP contribution in [-0.2, 0) is 19.0 Å². The molecule has 0 aromatic heterocycles. The molecule has 0 unspecified atom stereocenters. The third-order valence-corrected chi connectivity index (χ3v) is 1.13. The van der Waals surface area contributed by atoms with Crippen LogP contribution in [0.2, 0.25) is 0 Å². The van der Waals surface area contributed by atoms with Crippen LogP contribution in [0.25, 0.3) is 0 Å². The summed E-state index contributed by atoms with van der Waals surface area (Å²) in [4.78, 5) is 9.79. The Morgan fingerprint density at radius 1 is 1.08 bits per heavy atom. The van der Waals surface area contributed by atoms with E-state index in [9.17, 15) is 4.79 Å². The summed E-state index contributed by atoms with van der Waals surface area (Å²) in [5, 5.41) is 0. The molecule has 0 atom stereocenters. The molecule has 74 valence electrons. The van der Waals surface area contributed by atoms with Crippen molar-refractivity contribution in [3.05, 3.63) is 0 Å². The fourth-order valence-corrected chi connectivity index (χ4v) is 0.614. The van der Waals surface area contributed by atoms with Crippen LogP contribution in [0.4, 0.5) is 0 Å². The second-order valence-electron chi connectivity index (χ2n) is 2.05. The van der Waals surface area contributed by atoms with Crippen molar-refractivity contribution < 1.29 is 50.0 Å². The number of hydrogen-bond donors (Lipinski definition) is 0.